The maximum atomic E-state index is 5.93. The summed E-state index contributed by atoms with van der Waals surface area (Å²) in [6, 6.07) is 14.2. The molecule has 0 fully saturated rings. The van der Waals surface area contributed by atoms with Crippen LogP contribution in [0.5, 0.6) is 11.5 Å². The smallest absolute Gasteiger partial charge is 0.191 e. The Labute approximate surface area is 174 Å². The highest BCUT2D eigenvalue weighted by Crippen LogP contribution is 2.20. The lowest BCUT2D eigenvalue weighted by Gasteiger charge is -2.15. The van der Waals surface area contributed by atoms with E-state index in [1.807, 2.05) is 31.2 Å². The Kier molecular flexibility index (Phi) is 9.86. The number of nitrogens with zero attached hydrogens (tertiary/aromatic N) is 1. The van der Waals surface area contributed by atoms with Gasteiger partial charge in [-0.1, -0.05) is 24.3 Å². The Morgan fingerprint density at radius 2 is 1.79 bits per heavy atom. The minimum absolute atomic E-state index is 0.538. The first kappa shape index (κ1) is 22.6. The third kappa shape index (κ3) is 8.03. The lowest BCUT2D eigenvalue weighted by Crippen LogP contribution is -2.36. The number of hydrogen-bond donors (Lipinski definition) is 2. The largest absolute Gasteiger partial charge is 0.497 e. The van der Waals surface area contributed by atoms with E-state index >= 15 is 0 Å². The van der Waals surface area contributed by atoms with Crippen molar-refractivity contribution in [1.82, 2.24) is 10.6 Å². The number of rotatable bonds is 11. The van der Waals surface area contributed by atoms with Crippen molar-refractivity contribution in [3.63, 3.8) is 0 Å². The average Bonchev–Trinajstić information content (AvgIpc) is 2.74. The van der Waals surface area contributed by atoms with Gasteiger partial charge < -0.3 is 24.8 Å². The van der Waals surface area contributed by atoms with Crippen molar-refractivity contribution in [3.8, 4) is 11.5 Å². The van der Waals surface area contributed by atoms with Crippen molar-refractivity contribution in [2.24, 2.45) is 4.99 Å². The van der Waals surface area contributed by atoms with Gasteiger partial charge in [0.05, 0.1) is 20.3 Å². The van der Waals surface area contributed by atoms with Gasteiger partial charge in [-0.3, -0.25) is 0 Å². The quantitative estimate of drug-likeness (QED) is 0.343. The Morgan fingerprint density at radius 1 is 1.00 bits per heavy atom. The number of methoxy groups -OCH3 is 1. The summed E-state index contributed by atoms with van der Waals surface area (Å²) in [7, 11) is 1.67. The maximum Gasteiger partial charge on any atom is 0.191 e. The van der Waals surface area contributed by atoms with E-state index in [2.05, 4.69) is 47.7 Å². The lowest BCUT2D eigenvalue weighted by molar-refractivity contribution is 0.110. The molecule has 2 aromatic carbocycles. The van der Waals surface area contributed by atoms with Gasteiger partial charge in [-0.25, -0.2) is 4.99 Å². The topological polar surface area (TPSA) is 64.1 Å². The number of guanidine groups is 1. The Bertz CT molecular complexity index is 760. The van der Waals surface area contributed by atoms with Crippen molar-refractivity contribution in [1.29, 1.82) is 0 Å². The van der Waals surface area contributed by atoms with Gasteiger partial charge in [0, 0.05) is 25.3 Å². The lowest BCUT2D eigenvalue weighted by atomic mass is 10.1. The predicted octanol–water partition coefficient (Wildman–Crippen LogP) is 3.67. The molecule has 0 saturated heterocycles. The van der Waals surface area contributed by atoms with Gasteiger partial charge in [-0.05, 0) is 50.1 Å². The SMILES string of the molecule is CCNC(=NCc1ccc(OC)cc1)NCc1ccc(C)cc1OCCOCC. The highest BCUT2D eigenvalue weighted by molar-refractivity contribution is 5.79. The summed E-state index contributed by atoms with van der Waals surface area (Å²) in [5.74, 6) is 2.49. The summed E-state index contributed by atoms with van der Waals surface area (Å²) in [5, 5.41) is 6.68. The van der Waals surface area contributed by atoms with Gasteiger partial charge in [0.2, 0.25) is 0 Å². The molecule has 0 amide bonds. The number of nitrogens with one attached hydrogen (secondary N) is 2. The summed E-state index contributed by atoms with van der Waals surface area (Å²) < 4.78 is 16.5. The minimum Gasteiger partial charge on any atom is -0.497 e. The van der Waals surface area contributed by atoms with E-state index in [0.29, 0.717) is 32.9 Å². The van der Waals surface area contributed by atoms with Crippen LogP contribution in [0.25, 0.3) is 0 Å². The Morgan fingerprint density at radius 3 is 2.48 bits per heavy atom. The van der Waals surface area contributed by atoms with Crippen LogP contribution < -0.4 is 20.1 Å². The van der Waals surface area contributed by atoms with Gasteiger partial charge in [-0.15, -0.1) is 0 Å². The van der Waals surface area contributed by atoms with Crippen LogP contribution in [0.15, 0.2) is 47.5 Å². The van der Waals surface area contributed by atoms with E-state index in [1.54, 1.807) is 7.11 Å². The second-order valence-corrected chi connectivity index (χ2v) is 6.55. The number of hydrogen-bond acceptors (Lipinski definition) is 4. The van der Waals surface area contributed by atoms with Crippen LogP contribution in [-0.4, -0.2) is 39.4 Å². The first-order valence-corrected chi connectivity index (χ1v) is 10.1. The molecule has 29 heavy (non-hydrogen) atoms. The van der Waals surface area contributed by atoms with E-state index in [4.69, 9.17) is 14.2 Å². The molecular weight excluding hydrogens is 366 g/mol. The van der Waals surface area contributed by atoms with Crippen LogP contribution in [0.3, 0.4) is 0 Å². The molecule has 6 nitrogen and oxygen atoms in total. The standard InChI is InChI=1S/C23H33N3O3/c1-5-24-23(25-16-19-8-11-21(27-4)12-9-19)26-17-20-10-7-18(3)15-22(20)29-14-13-28-6-2/h7-12,15H,5-6,13-14,16-17H2,1-4H3,(H2,24,25,26). The summed E-state index contributed by atoms with van der Waals surface area (Å²) in [6.45, 7) is 9.92. The number of aryl methyl sites for hydroxylation is 1. The monoisotopic (exact) mass is 399 g/mol. The van der Waals surface area contributed by atoms with Crippen molar-refractivity contribution in [2.45, 2.75) is 33.9 Å². The fourth-order valence-corrected chi connectivity index (χ4v) is 2.72. The van der Waals surface area contributed by atoms with Gasteiger partial charge in [0.1, 0.15) is 18.1 Å². The fraction of sp³-hybridized carbons (Fsp3) is 0.435. The normalized spacial score (nSPS) is 11.2. The molecule has 0 saturated carbocycles. The number of aliphatic imine (C=N–C) groups is 1. The van der Waals surface area contributed by atoms with Gasteiger partial charge in [0.25, 0.3) is 0 Å². The first-order chi connectivity index (χ1) is 14.2. The Hall–Kier alpha value is -2.73. The average molecular weight is 400 g/mol. The molecule has 0 heterocycles. The van der Waals surface area contributed by atoms with E-state index in [1.165, 1.54) is 5.56 Å². The zero-order valence-corrected chi connectivity index (χ0v) is 18.0. The van der Waals surface area contributed by atoms with Crippen molar-refractivity contribution in [2.75, 3.05) is 33.5 Å². The molecule has 2 rings (SSSR count). The van der Waals surface area contributed by atoms with Crippen molar-refractivity contribution < 1.29 is 14.2 Å². The third-order valence-corrected chi connectivity index (χ3v) is 4.28. The third-order valence-electron chi connectivity index (χ3n) is 4.28. The van der Waals surface area contributed by atoms with Crippen LogP contribution in [0.2, 0.25) is 0 Å². The van der Waals surface area contributed by atoms with E-state index in [-0.39, 0.29) is 0 Å². The molecule has 2 N–H and O–H groups in total. The zero-order chi connectivity index (χ0) is 20.9. The van der Waals surface area contributed by atoms with E-state index < -0.39 is 0 Å². The van der Waals surface area contributed by atoms with E-state index in [0.717, 1.165) is 35.1 Å². The van der Waals surface area contributed by atoms with Crippen LogP contribution in [0.4, 0.5) is 0 Å². The molecule has 0 spiro atoms. The predicted molar refractivity (Wildman–Crippen MR) is 118 cm³/mol. The Balaban J connectivity index is 1.99. The van der Waals surface area contributed by atoms with Crippen LogP contribution >= 0.6 is 0 Å². The van der Waals surface area contributed by atoms with Crippen LogP contribution in [-0.2, 0) is 17.8 Å². The number of ether oxygens (including phenoxy) is 3. The second kappa shape index (κ2) is 12.7. The zero-order valence-electron chi connectivity index (χ0n) is 18.0. The molecule has 0 aliphatic heterocycles. The summed E-state index contributed by atoms with van der Waals surface area (Å²) in [6.07, 6.45) is 0. The molecule has 0 atom stereocenters. The van der Waals surface area contributed by atoms with Gasteiger partial charge in [0.15, 0.2) is 5.96 Å². The molecule has 0 radical (unpaired) electrons. The summed E-state index contributed by atoms with van der Waals surface area (Å²) in [4.78, 5) is 4.68. The molecule has 0 bridgehead atoms. The van der Waals surface area contributed by atoms with E-state index in [9.17, 15) is 0 Å². The molecule has 158 valence electrons. The molecule has 6 heteroatoms. The van der Waals surface area contributed by atoms with Gasteiger partial charge >= 0.3 is 0 Å². The number of benzene rings is 2. The molecule has 2 aromatic rings. The highest BCUT2D eigenvalue weighted by Gasteiger charge is 2.06. The van der Waals surface area contributed by atoms with Crippen molar-refractivity contribution >= 4 is 5.96 Å². The van der Waals surface area contributed by atoms with Crippen LogP contribution in [0.1, 0.15) is 30.5 Å². The summed E-state index contributed by atoms with van der Waals surface area (Å²) >= 11 is 0. The molecule has 0 unspecified atom stereocenters. The molecule has 0 aliphatic rings. The minimum atomic E-state index is 0.538. The highest BCUT2D eigenvalue weighted by atomic mass is 16.5. The van der Waals surface area contributed by atoms with Crippen molar-refractivity contribution in [3.05, 3.63) is 59.2 Å². The molecule has 0 aliphatic carbocycles. The molecular formula is C23H33N3O3. The second-order valence-electron chi connectivity index (χ2n) is 6.55. The van der Waals surface area contributed by atoms with Crippen LogP contribution in [0, 0.1) is 6.92 Å². The molecule has 0 aromatic heterocycles. The maximum absolute atomic E-state index is 5.93. The summed E-state index contributed by atoms with van der Waals surface area (Å²) in [5.41, 5.74) is 3.38. The first-order valence-electron chi connectivity index (χ1n) is 10.1. The fourth-order valence-electron chi connectivity index (χ4n) is 2.72. The van der Waals surface area contributed by atoms with Gasteiger partial charge in [-0.2, -0.15) is 0 Å².